The van der Waals surface area contributed by atoms with Crippen molar-refractivity contribution >= 4 is 17.0 Å². The van der Waals surface area contributed by atoms with Gasteiger partial charge >= 0.3 is 6.09 Å². The van der Waals surface area contributed by atoms with E-state index in [0.29, 0.717) is 5.92 Å². The van der Waals surface area contributed by atoms with Crippen molar-refractivity contribution in [1.29, 1.82) is 0 Å². The minimum atomic E-state index is -0.425. The third-order valence-electron chi connectivity index (χ3n) is 4.14. The Morgan fingerprint density at radius 2 is 1.91 bits per heavy atom. The Hall–Kier alpha value is -1.97. The number of nitrogens with one attached hydrogen (secondary N) is 1. The van der Waals surface area contributed by atoms with E-state index in [1.807, 2.05) is 31.7 Å². The van der Waals surface area contributed by atoms with Crippen molar-refractivity contribution in [3.05, 3.63) is 36.0 Å². The molecule has 4 nitrogen and oxygen atoms in total. The smallest absolute Gasteiger partial charge is 0.410 e. The molecule has 118 valence electrons. The van der Waals surface area contributed by atoms with Crippen molar-refractivity contribution in [1.82, 2.24) is 9.88 Å². The predicted molar refractivity (Wildman–Crippen MR) is 88.1 cm³/mol. The fourth-order valence-corrected chi connectivity index (χ4v) is 3.02. The fourth-order valence-electron chi connectivity index (χ4n) is 3.02. The van der Waals surface area contributed by atoms with Crippen molar-refractivity contribution in [2.45, 2.75) is 45.1 Å². The second-order valence-electron chi connectivity index (χ2n) is 7.05. The van der Waals surface area contributed by atoms with E-state index in [9.17, 15) is 4.79 Å². The summed E-state index contributed by atoms with van der Waals surface area (Å²) in [5.74, 6) is 0.492. The van der Waals surface area contributed by atoms with E-state index in [1.165, 1.54) is 16.6 Å². The molecule has 3 rings (SSSR count). The van der Waals surface area contributed by atoms with Gasteiger partial charge in [-0.1, -0.05) is 18.2 Å². The second kappa shape index (κ2) is 5.67. The summed E-state index contributed by atoms with van der Waals surface area (Å²) in [4.78, 5) is 17.4. The maximum absolute atomic E-state index is 12.1. The molecule has 1 aliphatic heterocycles. The number of likely N-dealkylation sites (tertiary alicyclic amines) is 1. The van der Waals surface area contributed by atoms with E-state index in [4.69, 9.17) is 4.74 Å². The Kier molecular flexibility index (Phi) is 3.85. The van der Waals surface area contributed by atoms with Crippen LogP contribution in [0.3, 0.4) is 0 Å². The summed E-state index contributed by atoms with van der Waals surface area (Å²) >= 11 is 0. The molecule has 2 heterocycles. The fraction of sp³-hybridized carbons (Fsp3) is 0.500. The van der Waals surface area contributed by atoms with Gasteiger partial charge in [0.25, 0.3) is 0 Å². The molecule has 1 amide bonds. The number of aromatic amines is 1. The lowest BCUT2D eigenvalue weighted by Crippen LogP contribution is -2.41. The Morgan fingerprint density at radius 3 is 2.55 bits per heavy atom. The molecule has 0 aliphatic carbocycles. The maximum Gasteiger partial charge on any atom is 0.410 e. The summed E-state index contributed by atoms with van der Waals surface area (Å²) in [6, 6.07) is 10.6. The third kappa shape index (κ3) is 3.26. The van der Waals surface area contributed by atoms with Crippen LogP contribution < -0.4 is 0 Å². The zero-order valence-electron chi connectivity index (χ0n) is 13.6. The second-order valence-corrected chi connectivity index (χ2v) is 7.05. The molecule has 0 saturated carbocycles. The number of hydrogen-bond donors (Lipinski definition) is 1. The molecule has 1 saturated heterocycles. The van der Waals surface area contributed by atoms with Crippen LogP contribution in [-0.2, 0) is 4.74 Å². The van der Waals surface area contributed by atoms with Gasteiger partial charge in [0.1, 0.15) is 5.60 Å². The highest BCUT2D eigenvalue weighted by Crippen LogP contribution is 2.30. The molecule has 1 aromatic carbocycles. The quantitative estimate of drug-likeness (QED) is 0.854. The largest absolute Gasteiger partial charge is 0.444 e. The number of para-hydroxylation sites is 1. The monoisotopic (exact) mass is 300 g/mol. The zero-order valence-corrected chi connectivity index (χ0v) is 13.6. The van der Waals surface area contributed by atoms with Crippen molar-refractivity contribution in [3.63, 3.8) is 0 Å². The highest BCUT2D eigenvalue weighted by Gasteiger charge is 2.28. The summed E-state index contributed by atoms with van der Waals surface area (Å²) in [6.45, 7) is 7.23. The number of hydrogen-bond acceptors (Lipinski definition) is 2. The highest BCUT2D eigenvalue weighted by atomic mass is 16.6. The van der Waals surface area contributed by atoms with Gasteiger partial charge in [-0.25, -0.2) is 4.79 Å². The number of carbonyl (C=O) groups is 1. The van der Waals surface area contributed by atoms with Crippen molar-refractivity contribution < 1.29 is 9.53 Å². The first-order chi connectivity index (χ1) is 10.4. The van der Waals surface area contributed by atoms with Crippen LogP contribution in [0.15, 0.2) is 30.3 Å². The SMILES string of the molecule is CC(C)(C)OC(=O)N1CCC(c2cc3ccccc3[nH]2)CC1. The summed E-state index contributed by atoms with van der Waals surface area (Å²) in [5.41, 5.74) is 2.04. The molecule has 1 aromatic heterocycles. The molecule has 0 bridgehead atoms. The molecular weight excluding hydrogens is 276 g/mol. The molecule has 22 heavy (non-hydrogen) atoms. The Labute approximate surface area is 131 Å². The number of amides is 1. The van der Waals surface area contributed by atoms with Crippen LogP contribution in [0.25, 0.3) is 10.9 Å². The van der Waals surface area contributed by atoms with Crippen LogP contribution in [0.4, 0.5) is 4.79 Å². The number of piperidine rings is 1. The van der Waals surface area contributed by atoms with Crippen LogP contribution in [0.1, 0.15) is 45.2 Å². The highest BCUT2D eigenvalue weighted by molar-refractivity contribution is 5.80. The van der Waals surface area contributed by atoms with Crippen LogP contribution >= 0.6 is 0 Å². The molecule has 0 atom stereocenters. The summed E-state index contributed by atoms with van der Waals surface area (Å²) < 4.78 is 5.45. The van der Waals surface area contributed by atoms with Gasteiger partial charge in [0.05, 0.1) is 0 Å². The number of ether oxygens (including phenoxy) is 1. The minimum Gasteiger partial charge on any atom is -0.444 e. The average Bonchev–Trinajstić information content (AvgIpc) is 2.89. The molecule has 0 radical (unpaired) electrons. The normalized spacial score (nSPS) is 17.0. The number of carbonyl (C=O) groups excluding carboxylic acids is 1. The Morgan fingerprint density at radius 1 is 1.23 bits per heavy atom. The molecule has 0 unspecified atom stereocenters. The van der Waals surface area contributed by atoms with Gasteiger partial charge < -0.3 is 14.6 Å². The lowest BCUT2D eigenvalue weighted by Gasteiger charge is -2.33. The molecule has 1 aliphatic rings. The van der Waals surface area contributed by atoms with Gasteiger partial charge in [0, 0.05) is 30.2 Å². The van der Waals surface area contributed by atoms with Gasteiger partial charge in [-0.2, -0.15) is 0 Å². The summed E-state index contributed by atoms with van der Waals surface area (Å²) in [5, 5.41) is 1.26. The summed E-state index contributed by atoms with van der Waals surface area (Å²) in [7, 11) is 0. The zero-order chi connectivity index (χ0) is 15.7. The third-order valence-corrected chi connectivity index (χ3v) is 4.14. The Balaban J connectivity index is 1.63. The molecule has 2 aromatic rings. The van der Waals surface area contributed by atoms with E-state index < -0.39 is 5.60 Å². The lowest BCUT2D eigenvalue weighted by molar-refractivity contribution is 0.0204. The minimum absolute atomic E-state index is 0.192. The predicted octanol–water partition coefficient (Wildman–Crippen LogP) is 4.28. The standard InChI is InChI=1S/C18H24N2O2/c1-18(2,3)22-17(21)20-10-8-13(9-11-20)16-12-14-6-4-5-7-15(14)19-16/h4-7,12-13,19H,8-11H2,1-3H3. The van der Waals surface area contributed by atoms with Gasteiger partial charge in [-0.3, -0.25) is 0 Å². The van der Waals surface area contributed by atoms with Crippen molar-refractivity contribution in [2.24, 2.45) is 0 Å². The maximum atomic E-state index is 12.1. The first-order valence-corrected chi connectivity index (χ1v) is 7.98. The number of H-pyrrole nitrogens is 1. The molecule has 4 heteroatoms. The first-order valence-electron chi connectivity index (χ1n) is 7.98. The first kappa shape index (κ1) is 14.9. The van der Waals surface area contributed by atoms with Gasteiger partial charge in [-0.05, 0) is 51.1 Å². The topological polar surface area (TPSA) is 45.3 Å². The van der Waals surface area contributed by atoms with Crippen molar-refractivity contribution in [2.75, 3.05) is 13.1 Å². The molecular formula is C18H24N2O2. The van der Waals surface area contributed by atoms with E-state index >= 15 is 0 Å². The molecule has 0 spiro atoms. The average molecular weight is 300 g/mol. The Bertz CT molecular complexity index is 628. The van der Waals surface area contributed by atoms with Crippen LogP contribution in [0.2, 0.25) is 0 Å². The lowest BCUT2D eigenvalue weighted by atomic mass is 9.94. The van der Waals surface area contributed by atoms with E-state index in [1.54, 1.807) is 0 Å². The number of fused-ring (bicyclic) bond motifs is 1. The van der Waals surface area contributed by atoms with E-state index in [0.717, 1.165) is 25.9 Å². The van der Waals surface area contributed by atoms with Gasteiger partial charge in [0.2, 0.25) is 0 Å². The summed E-state index contributed by atoms with van der Waals surface area (Å²) in [6.07, 6.45) is 1.76. The van der Waals surface area contributed by atoms with Gasteiger partial charge in [0.15, 0.2) is 0 Å². The number of nitrogens with zero attached hydrogens (tertiary/aromatic N) is 1. The van der Waals surface area contributed by atoms with Crippen LogP contribution in [0.5, 0.6) is 0 Å². The molecule has 1 N–H and O–H groups in total. The van der Waals surface area contributed by atoms with E-state index in [-0.39, 0.29) is 6.09 Å². The number of aromatic nitrogens is 1. The number of benzene rings is 1. The van der Waals surface area contributed by atoms with Gasteiger partial charge in [-0.15, -0.1) is 0 Å². The molecule has 1 fully saturated rings. The van der Waals surface area contributed by atoms with Crippen LogP contribution in [0, 0.1) is 0 Å². The number of rotatable bonds is 1. The van der Waals surface area contributed by atoms with E-state index in [2.05, 4.69) is 29.2 Å². The van der Waals surface area contributed by atoms with Crippen LogP contribution in [-0.4, -0.2) is 34.7 Å². The van der Waals surface area contributed by atoms with Crippen molar-refractivity contribution in [3.8, 4) is 0 Å².